The van der Waals surface area contributed by atoms with E-state index in [1.54, 1.807) is 30.7 Å². The van der Waals surface area contributed by atoms with Crippen molar-refractivity contribution in [1.82, 2.24) is 30.5 Å². The summed E-state index contributed by atoms with van der Waals surface area (Å²) in [6.45, 7) is 1.93. The predicted octanol–water partition coefficient (Wildman–Crippen LogP) is 6.30. The number of carbonyl (C=O) groups is 1. The summed E-state index contributed by atoms with van der Waals surface area (Å²) in [6.07, 6.45) is 7.69. The maximum Gasteiger partial charge on any atom is 0.224 e. The SMILES string of the molecule is O=C(CC1CCNCC1)Nc1cncc(-c2cc3c(-c4cc5c(-c6ccccc6F)cccc5[nH]4)n[nH]c3cn2)c1. The van der Waals surface area contributed by atoms with Gasteiger partial charge in [0.1, 0.15) is 11.5 Å². The van der Waals surface area contributed by atoms with E-state index in [9.17, 15) is 9.18 Å². The van der Waals surface area contributed by atoms with Gasteiger partial charge in [0.05, 0.1) is 35.0 Å². The molecule has 0 radical (unpaired) electrons. The molecule has 0 unspecified atom stereocenters. The molecule has 0 bridgehead atoms. The highest BCUT2D eigenvalue weighted by Gasteiger charge is 2.18. The molecule has 1 amide bonds. The molecular formula is C32H28FN7O. The Bertz CT molecular complexity index is 1890. The van der Waals surface area contributed by atoms with Crippen LogP contribution in [0.1, 0.15) is 19.3 Å². The highest BCUT2D eigenvalue weighted by molar-refractivity contribution is 6.01. The van der Waals surface area contributed by atoms with Crippen LogP contribution >= 0.6 is 0 Å². The molecule has 0 atom stereocenters. The van der Waals surface area contributed by atoms with Crippen molar-refractivity contribution in [2.45, 2.75) is 19.3 Å². The quantitative estimate of drug-likeness (QED) is 0.196. The van der Waals surface area contributed by atoms with E-state index in [4.69, 9.17) is 0 Å². The standard InChI is InChI=1S/C32H28FN7O/c33-26-6-2-1-4-23(26)22-5-3-7-27-24(22)14-29(38-27)32-25-15-28(36-18-30(25)39-40-32)20-13-21(17-35-16-20)37-31(41)12-19-8-10-34-11-9-19/h1-7,13-19,34,38H,8-12H2,(H,37,41)(H,39,40). The number of fused-ring (bicyclic) bond motifs is 2. The number of halogens is 1. The predicted molar refractivity (Wildman–Crippen MR) is 159 cm³/mol. The Labute approximate surface area is 235 Å². The molecule has 1 fully saturated rings. The van der Waals surface area contributed by atoms with Crippen LogP contribution in [0.2, 0.25) is 0 Å². The number of pyridine rings is 2. The monoisotopic (exact) mass is 545 g/mol. The smallest absolute Gasteiger partial charge is 0.224 e. The zero-order valence-corrected chi connectivity index (χ0v) is 22.2. The maximum absolute atomic E-state index is 14.6. The number of piperidine rings is 1. The first-order valence-electron chi connectivity index (χ1n) is 13.8. The van der Waals surface area contributed by atoms with Crippen molar-refractivity contribution in [2.75, 3.05) is 18.4 Å². The number of nitrogens with one attached hydrogen (secondary N) is 4. The van der Waals surface area contributed by atoms with Crippen LogP contribution in [0.25, 0.3) is 55.6 Å². The third-order valence-electron chi connectivity index (χ3n) is 7.78. The van der Waals surface area contributed by atoms with Gasteiger partial charge in [0.25, 0.3) is 0 Å². The molecule has 8 nitrogen and oxygen atoms in total. The number of carbonyl (C=O) groups excluding carboxylic acids is 1. The minimum Gasteiger partial charge on any atom is -0.353 e. The molecule has 204 valence electrons. The molecule has 1 aliphatic rings. The molecular weight excluding hydrogens is 517 g/mol. The van der Waals surface area contributed by atoms with E-state index in [0.717, 1.165) is 70.3 Å². The molecule has 1 saturated heterocycles. The molecule has 2 aromatic carbocycles. The Morgan fingerprint density at radius 3 is 2.66 bits per heavy atom. The number of aromatic nitrogens is 5. The van der Waals surface area contributed by atoms with Crippen LogP contribution in [0.3, 0.4) is 0 Å². The van der Waals surface area contributed by atoms with Gasteiger partial charge < -0.3 is 15.6 Å². The Morgan fingerprint density at radius 1 is 0.927 bits per heavy atom. The first kappa shape index (κ1) is 25.1. The fraction of sp³-hybridized carbons (Fsp3) is 0.188. The van der Waals surface area contributed by atoms with Crippen LogP contribution in [0.5, 0.6) is 0 Å². The number of H-pyrrole nitrogens is 2. The molecule has 7 rings (SSSR count). The number of hydrogen-bond acceptors (Lipinski definition) is 5. The first-order valence-corrected chi connectivity index (χ1v) is 13.8. The van der Waals surface area contributed by atoms with Gasteiger partial charge in [-0.1, -0.05) is 30.3 Å². The van der Waals surface area contributed by atoms with Crippen molar-refractivity contribution in [2.24, 2.45) is 5.92 Å². The van der Waals surface area contributed by atoms with Crippen molar-refractivity contribution < 1.29 is 9.18 Å². The van der Waals surface area contributed by atoms with E-state index in [1.165, 1.54) is 6.07 Å². The zero-order valence-electron chi connectivity index (χ0n) is 22.2. The minimum absolute atomic E-state index is 0.00458. The van der Waals surface area contributed by atoms with Crippen molar-refractivity contribution >= 4 is 33.4 Å². The van der Waals surface area contributed by atoms with E-state index < -0.39 is 0 Å². The van der Waals surface area contributed by atoms with Crippen LogP contribution < -0.4 is 10.6 Å². The Morgan fingerprint density at radius 2 is 1.78 bits per heavy atom. The van der Waals surface area contributed by atoms with Gasteiger partial charge in [0, 0.05) is 40.0 Å². The van der Waals surface area contributed by atoms with E-state index in [-0.39, 0.29) is 11.7 Å². The second-order valence-corrected chi connectivity index (χ2v) is 10.5. The molecule has 4 N–H and O–H groups in total. The molecule has 41 heavy (non-hydrogen) atoms. The normalized spacial score (nSPS) is 14.1. The highest BCUT2D eigenvalue weighted by atomic mass is 19.1. The first-order chi connectivity index (χ1) is 20.1. The van der Waals surface area contributed by atoms with Gasteiger partial charge in [0.2, 0.25) is 5.91 Å². The topological polar surface area (TPSA) is 111 Å². The number of anilines is 1. The fourth-order valence-corrected chi connectivity index (χ4v) is 5.69. The lowest BCUT2D eigenvalue weighted by Crippen LogP contribution is -2.30. The number of aromatic amines is 2. The molecule has 0 saturated carbocycles. The van der Waals surface area contributed by atoms with Gasteiger partial charge in [-0.3, -0.25) is 19.9 Å². The lowest BCUT2D eigenvalue weighted by molar-refractivity contribution is -0.117. The second kappa shape index (κ2) is 10.6. The molecule has 1 aliphatic heterocycles. The van der Waals surface area contributed by atoms with Crippen LogP contribution in [-0.2, 0) is 4.79 Å². The molecule has 5 heterocycles. The van der Waals surface area contributed by atoms with Gasteiger partial charge in [-0.15, -0.1) is 0 Å². The van der Waals surface area contributed by atoms with Crippen molar-refractivity contribution in [1.29, 1.82) is 0 Å². The highest BCUT2D eigenvalue weighted by Crippen LogP contribution is 2.35. The van der Waals surface area contributed by atoms with E-state index in [1.807, 2.05) is 42.5 Å². The summed E-state index contributed by atoms with van der Waals surface area (Å²) < 4.78 is 14.6. The summed E-state index contributed by atoms with van der Waals surface area (Å²) in [4.78, 5) is 25.1. The number of hydrogen-bond donors (Lipinski definition) is 4. The molecule has 0 aliphatic carbocycles. The van der Waals surface area contributed by atoms with Crippen molar-refractivity contribution in [3.63, 3.8) is 0 Å². The average Bonchev–Trinajstić information content (AvgIpc) is 3.62. The maximum atomic E-state index is 14.6. The Balaban J connectivity index is 1.20. The number of nitrogens with zero attached hydrogens (tertiary/aromatic N) is 3. The largest absolute Gasteiger partial charge is 0.353 e. The summed E-state index contributed by atoms with van der Waals surface area (Å²) in [6, 6.07) is 18.5. The number of amides is 1. The van der Waals surface area contributed by atoms with E-state index in [0.29, 0.717) is 29.3 Å². The Hall–Kier alpha value is -4.89. The van der Waals surface area contributed by atoms with Gasteiger partial charge in [-0.25, -0.2) is 4.39 Å². The molecule has 4 aromatic heterocycles. The van der Waals surface area contributed by atoms with Gasteiger partial charge >= 0.3 is 0 Å². The van der Waals surface area contributed by atoms with Crippen LogP contribution in [-0.4, -0.2) is 44.1 Å². The Kier molecular flexibility index (Phi) is 6.48. The van der Waals surface area contributed by atoms with Crippen molar-refractivity contribution in [3.8, 4) is 33.8 Å². The lowest BCUT2D eigenvalue weighted by atomic mass is 9.94. The average molecular weight is 546 g/mol. The summed E-state index contributed by atoms with van der Waals surface area (Å²) in [5.41, 5.74) is 6.74. The van der Waals surface area contributed by atoms with E-state index in [2.05, 4.69) is 35.8 Å². The lowest BCUT2D eigenvalue weighted by Gasteiger charge is -2.21. The van der Waals surface area contributed by atoms with Crippen LogP contribution in [0.15, 0.2) is 79.3 Å². The van der Waals surface area contributed by atoms with Crippen molar-refractivity contribution in [3.05, 3.63) is 85.1 Å². The third-order valence-corrected chi connectivity index (χ3v) is 7.78. The van der Waals surface area contributed by atoms with Gasteiger partial charge in [0.15, 0.2) is 0 Å². The number of benzene rings is 2. The zero-order chi connectivity index (χ0) is 27.8. The fourth-order valence-electron chi connectivity index (χ4n) is 5.69. The van der Waals surface area contributed by atoms with Crippen LogP contribution in [0, 0.1) is 11.7 Å². The summed E-state index contributed by atoms with van der Waals surface area (Å²) in [7, 11) is 0. The summed E-state index contributed by atoms with van der Waals surface area (Å²) in [5, 5.41) is 15.8. The van der Waals surface area contributed by atoms with Crippen LogP contribution in [0.4, 0.5) is 10.1 Å². The minimum atomic E-state index is -0.262. The second-order valence-electron chi connectivity index (χ2n) is 10.5. The number of rotatable bonds is 6. The molecule has 9 heteroatoms. The molecule has 0 spiro atoms. The summed E-state index contributed by atoms with van der Waals surface area (Å²) >= 11 is 0. The molecule has 6 aromatic rings. The van der Waals surface area contributed by atoms with Gasteiger partial charge in [-0.2, -0.15) is 5.10 Å². The van der Waals surface area contributed by atoms with Gasteiger partial charge in [-0.05, 0) is 67.7 Å². The van der Waals surface area contributed by atoms with E-state index >= 15 is 0 Å². The third kappa shape index (κ3) is 4.96. The summed E-state index contributed by atoms with van der Waals surface area (Å²) in [5.74, 6) is 0.148.